The number of nitrogens with zero attached hydrogens (tertiary/aromatic N) is 1. The van der Waals surface area contributed by atoms with E-state index < -0.39 is 0 Å². The highest BCUT2D eigenvalue weighted by atomic mass is 16.5. The average molecular weight is 343 g/mol. The van der Waals surface area contributed by atoms with Crippen LogP contribution in [0.25, 0.3) is 0 Å². The van der Waals surface area contributed by atoms with Gasteiger partial charge in [-0.1, -0.05) is 13.0 Å². The Morgan fingerprint density at radius 3 is 2.56 bits per heavy atom. The van der Waals surface area contributed by atoms with Crippen molar-refractivity contribution in [2.75, 3.05) is 13.7 Å². The van der Waals surface area contributed by atoms with Gasteiger partial charge in [0.15, 0.2) is 11.5 Å². The summed E-state index contributed by atoms with van der Waals surface area (Å²) in [5, 5.41) is 2.95. The van der Waals surface area contributed by atoms with Gasteiger partial charge in [-0.2, -0.15) is 0 Å². The first kappa shape index (κ1) is 18.7. The van der Waals surface area contributed by atoms with Gasteiger partial charge in [-0.25, -0.2) is 0 Å². The third kappa shape index (κ3) is 5.19. The number of nitrogens with two attached hydrogens (primary N) is 1. The Balaban J connectivity index is 2.06. The zero-order valence-electron chi connectivity index (χ0n) is 14.9. The molecule has 1 aromatic heterocycles. The fourth-order valence-electron chi connectivity index (χ4n) is 2.26. The lowest BCUT2D eigenvalue weighted by Gasteiger charge is -2.19. The van der Waals surface area contributed by atoms with E-state index in [2.05, 4.69) is 10.3 Å². The van der Waals surface area contributed by atoms with Crippen LogP contribution in [0, 0.1) is 5.92 Å². The Bertz CT molecular complexity index is 692. The van der Waals surface area contributed by atoms with Crippen LogP contribution in [0.2, 0.25) is 0 Å². The van der Waals surface area contributed by atoms with E-state index in [-0.39, 0.29) is 17.9 Å². The summed E-state index contributed by atoms with van der Waals surface area (Å²) in [6, 6.07) is 9.30. The highest BCUT2D eigenvalue weighted by Gasteiger charge is 2.16. The monoisotopic (exact) mass is 343 g/mol. The molecule has 2 atom stereocenters. The molecule has 0 saturated heterocycles. The quantitative estimate of drug-likeness (QED) is 0.769. The molecular formula is C19H25N3O3. The second kappa shape index (κ2) is 9.03. The number of hydrogen-bond donors (Lipinski definition) is 2. The maximum atomic E-state index is 12.0. The summed E-state index contributed by atoms with van der Waals surface area (Å²) < 4.78 is 11.3. The SMILES string of the molecule is COc1cc(C(C)NC(=O)C(C)CN)ccc1OCc1ccncc1. The van der Waals surface area contributed by atoms with E-state index >= 15 is 0 Å². The maximum Gasteiger partial charge on any atom is 0.224 e. The molecule has 0 aliphatic rings. The lowest BCUT2D eigenvalue weighted by molar-refractivity contribution is -0.124. The van der Waals surface area contributed by atoms with Crippen molar-refractivity contribution in [1.82, 2.24) is 10.3 Å². The molecule has 0 fully saturated rings. The Labute approximate surface area is 148 Å². The summed E-state index contributed by atoms with van der Waals surface area (Å²) in [5.74, 6) is 0.996. The number of amides is 1. The fourth-order valence-corrected chi connectivity index (χ4v) is 2.26. The smallest absolute Gasteiger partial charge is 0.224 e. The molecule has 6 nitrogen and oxygen atoms in total. The average Bonchev–Trinajstić information content (AvgIpc) is 2.66. The molecule has 0 aliphatic heterocycles. The van der Waals surface area contributed by atoms with Gasteiger partial charge in [0.25, 0.3) is 0 Å². The van der Waals surface area contributed by atoms with Crippen LogP contribution in [0.4, 0.5) is 0 Å². The summed E-state index contributed by atoms with van der Waals surface area (Å²) in [6.45, 7) is 4.48. The Hall–Kier alpha value is -2.60. The molecule has 6 heteroatoms. The summed E-state index contributed by atoms with van der Waals surface area (Å²) in [7, 11) is 1.60. The van der Waals surface area contributed by atoms with E-state index in [1.54, 1.807) is 26.4 Å². The van der Waals surface area contributed by atoms with Crippen LogP contribution in [-0.4, -0.2) is 24.5 Å². The first-order valence-corrected chi connectivity index (χ1v) is 8.25. The second-order valence-electron chi connectivity index (χ2n) is 5.92. The van der Waals surface area contributed by atoms with Crippen molar-refractivity contribution in [3.8, 4) is 11.5 Å². The zero-order chi connectivity index (χ0) is 18.2. The van der Waals surface area contributed by atoms with Crippen molar-refractivity contribution < 1.29 is 14.3 Å². The fraction of sp³-hybridized carbons (Fsp3) is 0.368. The molecule has 1 amide bonds. The zero-order valence-corrected chi connectivity index (χ0v) is 14.9. The molecule has 2 unspecified atom stereocenters. The lowest BCUT2D eigenvalue weighted by Crippen LogP contribution is -2.34. The molecule has 0 aliphatic carbocycles. The molecule has 3 N–H and O–H groups in total. The van der Waals surface area contributed by atoms with Gasteiger partial charge in [-0.15, -0.1) is 0 Å². The van der Waals surface area contributed by atoms with E-state index in [1.807, 2.05) is 37.3 Å². The van der Waals surface area contributed by atoms with Gasteiger partial charge in [0.05, 0.1) is 13.2 Å². The van der Waals surface area contributed by atoms with E-state index in [4.69, 9.17) is 15.2 Å². The van der Waals surface area contributed by atoms with Gasteiger partial charge in [-0.3, -0.25) is 9.78 Å². The number of benzene rings is 1. The third-order valence-corrected chi connectivity index (χ3v) is 3.99. The van der Waals surface area contributed by atoms with E-state index in [1.165, 1.54) is 0 Å². The maximum absolute atomic E-state index is 12.0. The number of rotatable bonds is 8. The molecule has 0 saturated carbocycles. The number of nitrogens with one attached hydrogen (secondary N) is 1. The van der Waals surface area contributed by atoms with Crippen molar-refractivity contribution in [2.24, 2.45) is 11.7 Å². The molecule has 1 heterocycles. The molecule has 0 radical (unpaired) electrons. The first-order valence-electron chi connectivity index (χ1n) is 8.25. The minimum absolute atomic E-state index is 0.0630. The van der Waals surface area contributed by atoms with Gasteiger partial charge in [0.1, 0.15) is 6.61 Å². The van der Waals surface area contributed by atoms with Crippen molar-refractivity contribution >= 4 is 5.91 Å². The predicted molar refractivity (Wildman–Crippen MR) is 96.3 cm³/mol. The Morgan fingerprint density at radius 1 is 1.20 bits per heavy atom. The molecule has 134 valence electrons. The second-order valence-corrected chi connectivity index (χ2v) is 5.92. The van der Waals surface area contributed by atoms with Crippen LogP contribution in [0.15, 0.2) is 42.7 Å². The molecule has 2 aromatic rings. The minimum atomic E-state index is -0.215. The topological polar surface area (TPSA) is 86.5 Å². The third-order valence-electron chi connectivity index (χ3n) is 3.99. The van der Waals surface area contributed by atoms with Crippen LogP contribution in [0.5, 0.6) is 11.5 Å². The Morgan fingerprint density at radius 2 is 1.92 bits per heavy atom. The number of carbonyl (C=O) groups excluding carboxylic acids is 1. The highest BCUT2D eigenvalue weighted by molar-refractivity contribution is 5.78. The molecule has 2 rings (SSSR count). The largest absolute Gasteiger partial charge is 0.493 e. The van der Waals surface area contributed by atoms with Gasteiger partial charge >= 0.3 is 0 Å². The number of aromatic nitrogens is 1. The molecule has 0 bridgehead atoms. The van der Waals surface area contributed by atoms with Crippen LogP contribution in [0.1, 0.15) is 31.0 Å². The lowest BCUT2D eigenvalue weighted by atomic mass is 10.1. The summed E-state index contributed by atoms with van der Waals surface area (Å²) in [4.78, 5) is 16.0. The van der Waals surface area contributed by atoms with E-state index in [0.29, 0.717) is 24.7 Å². The van der Waals surface area contributed by atoms with Crippen molar-refractivity contribution in [1.29, 1.82) is 0 Å². The summed E-state index contributed by atoms with van der Waals surface area (Å²) in [5.41, 5.74) is 7.49. The van der Waals surface area contributed by atoms with Crippen LogP contribution < -0.4 is 20.5 Å². The van der Waals surface area contributed by atoms with Crippen molar-refractivity contribution in [3.05, 3.63) is 53.9 Å². The number of methoxy groups -OCH3 is 1. The van der Waals surface area contributed by atoms with Gasteiger partial charge in [-0.05, 0) is 42.3 Å². The molecule has 0 spiro atoms. The molecule has 25 heavy (non-hydrogen) atoms. The predicted octanol–water partition coefficient (Wildman–Crippen LogP) is 2.44. The number of carbonyl (C=O) groups is 1. The molecular weight excluding hydrogens is 318 g/mol. The Kier molecular flexibility index (Phi) is 6.77. The minimum Gasteiger partial charge on any atom is -0.493 e. The summed E-state index contributed by atoms with van der Waals surface area (Å²) >= 11 is 0. The van der Waals surface area contributed by atoms with Gasteiger partial charge < -0.3 is 20.5 Å². The standard InChI is InChI=1S/C19H25N3O3/c1-13(11-20)19(23)22-14(2)16-4-5-17(18(10-16)24-3)25-12-15-6-8-21-9-7-15/h4-10,13-14H,11-12,20H2,1-3H3,(H,22,23). The first-order chi connectivity index (χ1) is 12.0. The van der Waals surface area contributed by atoms with Gasteiger partial charge in [0, 0.05) is 24.9 Å². The highest BCUT2D eigenvalue weighted by Crippen LogP contribution is 2.31. The van der Waals surface area contributed by atoms with Crippen molar-refractivity contribution in [3.63, 3.8) is 0 Å². The van der Waals surface area contributed by atoms with E-state index in [9.17, 15) is 4.79 Å². The number of pyridine rings is 1. The summed E-state index contributed by atoms with van der Waals surface area (Å²) in [6.07, 6.45) is 3.46. The molecule has 1 aromatic carbocycles. The normalized spacial score (nSPS) is 13.0. The number of ether oxygens (including phenoxy) is 2. The van der Waals surface area contributed by atoms with Crippen LogP contribution >= 0.6 is 0 Å². The van der Waals surface area contributed by atoms with E-state index in [0.717, 1.165) is 11.1 Å². The van der Waals surface area contributed by atoms with Crippen LogP contribution in [0.3, 0.4) is 0 Å². The van der Waals surface area contributed by atoms with Crippen molar-refractivity contribution in [2.45, 2.75) is 26.5 Å². The van der Waals surface area contributed by atoms with Crippen LogP contribution in [-0.2, 0) is 11.4 Å². The van der Waals surface area contributed by atoms with Gasteiger partial charge in [0.2, 0.25) is 5.91 Å². The number of hydrogen-bond acceptors (Lipinski definition) is 5.